The molecule has 11 heteroatoms. The van der Waals surface area contributed by atoms with Gasteiger partial charge in [-0.05, 0) is 19.4 Å². The van der Waals surface area contributed by atoms with Crippen molar-refractivity contribution in [1.29, 1.82) is 0 Å². The van der Waals surface area contributed by atoms with E-state index in [0.29, 0.717) is 5.91 Å². The second-order valence-electron chi connectivity index (χ2n) is 6.98. The van der Waals surface area contributed by atoms with Crippen molar-refractivity contribution in [2.24, 2.45) is 5.92 Å². The average molecular weight is 428 g/mol. The van der Waals surface area contributed by atoms with E-state index in [4.69, 9.17) is 24.5 Å². The first-order chi connectivity index (χ1) is 14.6. The maximum absolute atomic E-state index is 12.8. The first kappa shape index (κ1) is 25.5. The third-order valence-electron chi connectivity index (χ3n) is 5.06. The Labute approximate surface area is 176 Å². The van der Waals surface area contributed by atoms with E-state index in [1.54, 1.807) is 13.3 Å². The highest BCUT2D eigenvalue weighted by Crippen LogP contribution is 2.19. The van der Waals surface area contributed by atoms with Gasteiger partial charge in [0.15, 0.2) is 0 Å². The first-order valence-electron chi connectivity index (χ1n) is 9.95. The number of imidazole rings is 1. The van der Waals surface area contributed by atoms with Gasteiger partial charge in [0.05, 0.1) is 19.1 Å². The number of ether oxygens (including phenoxy) is 1. The van der Waals surface area contributed by atoms with Crippen molar-refractivity contribution in [3.05, 3.63) is 18.2 Å². The van der Waals surface area contributed by atoms with Gasteiger partial charge in [0.1, 0.15) is 5.82 Å². The average Bonchev–Trinajstić information content (AvgIpc) is 3.36. The minimum absolute atomic E-state index is 0.165. The summed E-state index contributed by atoms with van der Waals surface area (Å²) < 4.78 is 5.14. The molecule has 1 unspecified atom stereocenters. The largest absolute Gasteiger partial charge is 0.483 e. The predicted molar refractivity (Wildman–Crippen MR) is 109 cm³/mol. The lowest BCUT2D eigenvalue weighted by molar-refractivity contribution is -0.135. The van der Waals surface area contributed by atoms with Crippen LogP contribution in [0.3, 0.4) is 0 Å². The van der Waals surface area contributed by atoms with Gasteiger partial charge in [-0.25, -0.2) is 4.98 Å². The van der Waals surface area contributed by atoms with Crippen LogP contribution < -0.4 is 0 Å². The molecule has 3 rings (SSSR count). The summed E-state index contributed by atoms with van der Waals surface area (Å²) in [4.78, 5) is 43.8. The second-order valence-corrected chi connectivity index (χ2v) is 6.98. The van der Waals surface area contributed by atoms with Crippen molar-refractivity contribution in [2.45, 2.75) is 19.4 Å². The SMILES string of the molecule is COCCN1CCC(C(=O)N2CCCN(Cc3ncc[nH]3)CC2)C1.O=CO.O=CO. The molecular weight excluding hydrogens is 394 g/mol. The number of nitrogens with zero attached hydrogens (tertiary/aromatic N) is 4. The summed E-state index contributed by atoms with van der Waals surface area (Å²) in [6, 6.07) is 0. The zero-order valence-electron chi connectivity index (χ0n) is 17.5. The van der Waals surface area contributed by atoms with Gasteiger partial charge in [-0.1, -0.05) is 0 Å². The smallest absolute Gasteiger partial charge is 0.290 e. The molecule has 0 spiro atoms. The summed E-state index contributed by atoms with van der Waals surface area (Å²) in [7, 11) is 1.73. The van der Waals surface area contributed by atoms with Crippen LogP contribution in [0.2, 0.25) is 0 Å². The summed E-state index contributed by atoms with van der Waals surface area (Å²) in [6.07, 6.45) is 5.67. The molecule has 30 heavy (non-hydrogen) atoms. The predicted octanol–water partition coefficient (Wildman–Crippen LogP) is -0.186. The molecule has 1 amide bonds. The number of methoxy groups -OCH3 is 1. The number of H-pyrrole nitrogens is 1. The topological polar surface area (TPSA) is 139 Å². The number of rotatable bonds is 6. The Bertz CT molecular complexity index is 594. The summed E-state index contributed by atoms with van der Waals surface area (Å²) >= 11 is 0. The normalized spacial score (nSPS) is 19.6. The number of carbonyl (C=O) groups excluding carboxylic acids is 1. The summed E-state index contributed by atoms with van der Waals surface area (Å²) in [5.41, 5.74) is 0. The molecular formula is C19H33N5O6. The van der Waals surface area contributed by atoms with E-state index in [0.717, 1.165) is 77.6 Å². The van der Waals surface area contributed by atoms with Crippen LogP contribution in [0, 0.1) is 5.92 Å². The minimum Gasteiger partial charge on any atom is -0.483 e. The maximum atomic E-state index is 12.8. The van der Waals surface area contributed by atoms with Gasteiger partial charge in [0, 0.05) is 58.8 Å². The van der Waals surface area contributed by atoms with Gasteiger partial charge in [0.2, 0.25) is 5.91 Å². The summed E-state index contributed by atoms with van der Waals surface area (Å²) in [5, 5.41) is 13.8. The molecule has 1 aromatic rings. The monoisotopic (exact) mass is 427 g/mol. The summed E-state index contributed by atoms with van der Waals surface area (Å²) in [5.74, 6) is 1.51. The van der Waals surface area contributed by atoms with E-state index in [2.05, 4.69) is 24.7 Å². The number of amides is 1. The van der Waals surface area contributed by atoms with Crippen LogP contribution in [0.4, 0.5) is 0 Å². The van der Waals surface area contributed by atoms with Crippen molar-refractivity contribution in [1.82, 2.24) is 24.7 Å². The standard InChI is InChI=1S/C17H29N5O2.2CH2O2/c1-24-12-11-21-8-3-15(13-21)17(23)22-7-2-6-20(9-10-22)14-16-18-4-5-19-16;2*2-1-3/h4-5,15H,2-3,6-14H2,1H3,(H,18,19);2*1H,(H,2,3). The molecule has 2 fully saturated rings. The highest BCUT2D eigenvalue weighted by molar-refractivity contribution is 5.79. The molecule has 1 atom stereocenters. The Balaban J connectivity index is 0.000000672. The Morgan fingerprint density at radius 1 is 1.20 bits per heavy atom. The molecule has 170 valence electrons. The molecule has 0 bridgehead atoms. The molecule has 0 aliphatic carbocycles. The highest BCUT2D eigenvalue weighted by atomic mass is 16.5. The van der Waals surface area contributed by atoms with Gasteiger partial charge in [-0.15, -0.1) is 0 Å². The van der Waals surface area contributed by atoms with Gasteiger partial charge in [0.25, 0.3) is 12.9 Å². The van der Waals surface area contributed by atoms with Gasteiger partial charge in [-0.3, -0.25) is 19.3 Å². The maximum Gasteiger partial charge on any atom is 0.290 e. The molecule has 0 radical (unpaired) electrons. The highest BCUT2D eigenvalue weighted by Gasteiger charge is 2.31. The Morgan fingerprint density at radius 2 is 1.93 bits per heavy atom. The fourth-order valence-electron chi connectivity index (χ4n) is 3.66. The fourth-order valence-corrected chi connectivity index (χ4v) is 3.66. The van der Waals surface area contributed by atoms with Crippen molar-refractivity contribution in [2.75, 3.05) is 59.5 Å². The molecule has 3 heterocycles. The number of likely N-dealkylation sites (tertiary alicyclic amines) is 1. The molecule has 2 saturated heterocycles. The van der Waals surface area contributed by atoms with Crippen LogP contribution in [-0.4, -0.2) is 113 Å². The molecule has 3 N–H and O–H groups in total. The van der Waals surface area contributed by atoms with Crippen LogP contribution in [0.1, 0.15) is 18.7 Å². The molecule has 2 aliphatic rings. The molecule has 0 saturated carbocycles. The van der Waals surface area contributed by atoms with Gasteiger partial charge in [-0.2, -0.15) is 0 Å². The second kappa shape index (κ2) is 15.4. The minimum atomic E-state index is -0.250. The number of hydrogen-bond acceptors (Lipinski definition) is 7. The van der Waals surface area contributed by atoms with Crippen LogP contribution in [0.25, 0.3) is 0 Å². The number of carboxylic acid groups (broad SMARTS) is 2. The van der Waals surface area contributed by atoms with Crippen molar-refractivity contribution in [3.8, 4) is 0 Å². The van der Waals surface area contributed by atoms with E-state index >= 15 is 0 Å². The Hall–Kier alpha value is -2.50. The molecule has 0 aromatic carbocycles. The van der Waals surface area contributed by atoms with Crippen LogP contribution in [0.15, 0.2) is 12.4 Å². The fraction of sp³-hybridized carbons (Fsp3) is 0.684. The van der Waals surface area contributed by atoms with Gasteiger partial charge >= 0.3 is 0 Å². The van der Waals surface area contributed by atoms with Gasteiger partial charge < -0.3 is 29.7 Å². The van der Waals surface area contributed by atoms with E-state index < -0.39 is 0 Å². The van der Waals surface area contributed by atoms with E-state index in [9.17, 15) is 4.79 Å². The molecule has 2 aliphatic heterocycles. The Kier molecular flexibility index (Phi) is 13.1. The van der Waals surface area contributed by atoms with Crippen LogP contribution >= 0.6 is 0 Å². The van der Waals surface area contributed by atoms with E-state index in [-0.39, 0.29) is 18.9 Å². The van der Waals surface area contributed by atoms with E-state index in [1.807, 2.05) is 6.20 Å². The number of hydrogen-bond donors (Lipinski definition) is 3. The molecule has 1 aromatic heterocycles. The third-order valence-corrected chi connectivity index (χ3v) is 5.06. The number of aromatic nitrogens is 2. The van der Waals surface area contributed by atoms with Crippen molar-refractivity contribution < 1.29 is 29.3 Å². The van der Waals surface area contributed by atoms with E-state index in [1.165, 1.54) is 0 Å². The lowest BCUT2D eigenvalue weighted by Gasteiger charge is -2.24. The summed E-state index contributed by atoms with van der Waals surface area (Å²) in [6.45, 7) is 7.55. The number of aromatic amines is 1. The lowest BCUT2D eigenvalue weighted by Crippen LogP contribution is -2.40. The van der Waals surface area contributed by atoms with Crippen molar-refractivity contribution >= 4 is 18.9 Å². The molecule has 11 nitrogen and oxygen atoms in total. The van der Waals surface area contributed by atoms with Crippen molar-refractivity contribution in [3.63, 3.8) is 0 Å². The lowest BCUT2D eigenvalue weighted by atomic mass is 10.1. The zero-order valence-corrected chi connectivity index (χ0v) is 17.5. The number of nitrogens with one attached hydrogen (secondary N) is 1. The number of carbonyl (C=O) groups is 3. The quantitative estimate of drug-likeness (QED) is 0.527. The Morgan fingerprint density at radius 3 is 2.57 bits per heavy atom. The van der Waals surface area contributed by atoms with Crippen LogP contribution in [0.5, 0.6) is 0 Å². The van der Waals surface area contributed by atoms with Crippen LogP contribution in [-0.2, 0) is 25.7 Å². The third kappa shape index (κ3) is 9.33. The first-order valence-corrected chi connectivity index (χ1v) is 9.95. The zero-order chi connectivity index (χ0) is 22.2.